The van der Waals surface area contributed by atoms with E-state index in [0.717, 1.165) is 0 Å². The molecule has 7 heteroatoms. The Labute approximate surface area is 224 Å². The van der Waals surface area contributed by atoms with Crippen LogP contribution in [-0.4, -0.2) is 20.4 Å². The van der Waals surface area contributed by atoms with Gasteiger partial charge in [0.2, 0.25) is 0 Å². The van der Waals surface area contributed by atoms with Gasteiger partial charge in [-0.25, -0.2) is 0 Å². The fourth-order valence-corrected chi connectivity index (χ4v) is 2.18. The molecule has 4 N–H and O–H groups in total. The maximum absolute atomic E-state index is 8.76. The number of benzene rings is 4. The Balaban J connectivity index is 0.000000424. The first-order valence-corrected chi connectivity index (χ1v) is 17.8. The minimum atomic E-state index is -0.806. The third-order valence-corrected chi connectivity index (χ3v) is 4.14. The van der Waals surface area contributed by atoms with E-state index in [0.29, 0.717) is 23.0 Å². The molecule has 0 saturated heterocycles. The molecule has 4 aromatic rings. The Hall–Kier alpha value is -2.65. The predicted octanol–water partition coefficient (Wildman–Crippen LogP) is 8.18. The average molecular weight is 687 g/mol. The molecule has 0 radical (unpaired) electrons. The van der Waals surface area contributed by atoms with E-state index >= 15 is 0 Å². The summed E-state index contributed by atoms with van der Waals surface area (Å²) < 4.78 is 0. The van der Waals surface area contributed by atoms with Crippen LogP contribution in [0.2, 0.25) is 0 Å². The zero-order valence-electron chi connectivity index (χ0n) is 20.2. The minimum absolute atomic E-state index is 0.329. The molecule has 0 bridgehead atoms. The van der Waals surface area contributed by atoms with Gasteiger partial charge in [-0.3, -0.25) is 0 Å². The molecular weight excluding hydrogens is 655 g/mol. The third kappa shape index (κ3) is 19.4. The molecule has 0 saturated carbocycles. The van der Waals surface area contributed by atoms with Crippen molar-refractivity contribution in [2.45, 2.75) is 27.7 Å². The first kappa shape index (κ1) is 32.3. The SMILES string of the molecule is Cc1ccc(O)cc1.Cc1ccc(O)cc1.Cc1ccc(O)cc1.Cc1ccc(O)cc1.[Cl][W][Cl]. The fourth-order valence-electron chi connectivity index (χ4n) is 2.18. The van der Waals surface area contributed by atoms with E-state index in [4.69, 9.17) is 39.3 Å². The molecule has 4 rings (SSSR count). The van der Waals surface area contributed by atoms with Crippen LogP contribution in [0, 0.1) is 27.7 Å². The van der Waals surface area contributed by atoms with Gasteiger partial charge in [-0.15, -0.1) is 0 Å². The van der Waals surface area contributed by atoms with Crippen molar-refractivity contribution in [2.24, 2.45) is 0 Å². The molecule has 0 aliphatic carbocycles. The van der Waals surface area contributed by atoms with Gasteiger partial charge in [-0.05, 0) is 76.2 Å². The predicted molar refractivity (Wildman–Crippen MR) is 143 cm³/mol. The quantitative estimate of drug-likeness (QED) is 0.150. The molecule has 0 atom stereocenters. The molecule has 0 spiro atoms. The summed E-state index contributed by atoms with van der Waals surface area (Å²) in [6.07, 6.45) is 0. The maximum atomic E-state index is 8.76. The molecule has 4 nitrogen and oxygen atoms in total. The third-order valence-electron chi connectivity index (χ3n) is 4.14. The summed E-state index contributed by atoms with van der Waals surface area (Å²) >= 11 is -0.806. The molecule has 0 unspecified atom stereocenters. The summed E-state index contributed by atoms with van der Waals surface area (Å²) in [5.41, 5.74) is 4.68. The Morgan fingerprint density at radius 2 is 0.486 bits per heavy atom. The first-order chi connectivity index (χ1) is 16.6. The summed E-state index contributed by atoms with van der Waals surface area (Å²) in [6.45, 7) is 7.94. The van der Waals surface area contributed by atoms with E-state index in [1.807, 2.05) is 76.2 Å². The number of phenols is 4. The zero-order chi connectivity index (χ0) is 26.6. The molecule has 188 valence electrons. The van der Waals surface area contributed by atoms with Gasteiger partial charge in [0, 0.05) is 0 Å². The van der Waals surface area contributed by atoms with Gasteiger partial charge in [-0.2, -0.15) is 0 Å². The van der Waals surface area contributed by atoms with Gasteiger partial charge in [-0.1, -0.05) is 70.8 Å². The van der Waals surface area contributed by atoms with E-state index < -0.39 is 16.5 Å². The van der Waals surface area contributed by atoms with Crippen molar-refractivity contribution in [3.63, 3.8) is 0 Å². The second-order valence-corrected chi connectivity index (χ2v) is 11.6. The van der Waals surface area contributed by atoms with Gasteiger partial charge in [0.25, 0.3) is 0 Å². The summed E-state index contributed by atoms with van der Waals surface area (Å²) in [4.78, 5) is 0. The molecule has 4 aromatic carbocycles. The van der Waals surface area contributed by atoms with Crippen molar-refractivity contribution >= 4 is 18.8 Å². The second kappa shape index (κ2) is 19.6. The van der Waals surface area contributed by atoms with Crippen molar-refractivity contribution in [3.05, 3.63) is 119 Å². The van der Waals surface area contributed by atoms with Gasteiger partial charge < -0.3 is 20.4 Å². The topological polar surface area (TPSA) is 80.9 Å². The molecule has 0 amide bonds. The first-order valence-electron chi connectivity index (χ1n) is 10.5. The molecule has 0 heterocycles. The van der Waals surface area contributed by atoms with Gasteiger partial charge in [0.05, 0.1) is 0 Å². The Bertz CT molecular complexity index is 780. The summed E-state index contributed by atoms with van der Waals surface area (Å²) in [6, 6.07) is 28.4. The Kier molecular flexibility index (Phi) is 18.1. The Morgan fingerprint density at radius 3 is 0.571 bits per heavy atom. The fraction of sp³-hybridized carbons (Fsp3) is 0.143. The van der Waals surface area contributed by atoms with Crippen LogP contribution in [0.15, 0.2) is 97.1 Å². The molecule has 35 heavy (non-hydrogen) atoms. The van der Waals surface area contributed by atoms with Crippen LogP contribution < -0.4 is 0 Å². The number of halogens is 2. The molecule has 0 aliphatic rings. The van der Waals surface area contributed by atoms with Crippen molar-refractivity contribution < 1.29 is 36.9 Å². The van der Waals surface area contributed by atoms with E-state index in [1.165, 1.54) is 22.3 Å². The van der Waals surface area contributed by atoms with Crippen LogP contribution in [-0.2, 0) is 16.5 Å². The van der Waals surface area contributed by atoms with Crippen LogP contribution in [0.4, 0.5) is 0 Å². The van der Waals surface area contributed by atoms with Crippen molar-refractivity contribution in [1.29, 1.82) is 0 Å². The van der Waals surface area contributed by atoms with E-state index in [9.17, 15) is 0 Å². The van der Waals surface area contributed by atoms with Gasteiger partial charge >= 0.3 is 35.3 Å². The van der Waals surface area contributed by atoms with E-state index in [2.05, 4.69) is 0 Å². The summed E-state index contributed by atoms with van der Waals surface area (Å²) in [5.74, 6) is 1.32. The van der Waals surface area contributed by atoms with Crippen LogP contribution in [0.5, 0.6) is 23.0 Å². The Morgan fingerprint density at radius 1 is 0.371 bits per heavy atom. The second-order valence-electron chi connectivity index (χ2n) is 7.40. The number of aryl methyl sites for hydroxylation is 4. The normalized spacial score (nSPS) is 8.86. The number of hydrogen-bond donors (Lipinski definition) is 4. The van der Waals surface area contributed by atoms with Gasteiger partial charge in [0.15, 0.2) is 0 Å². The van der Waals surface area contributed by atoms with Crippen molar-refractivity contribution in [1.82, 2.24) is 0 Å². The summed E-state index contributed by atoms with van der Waals surface area (Å²) in [7, 11) is 9.86. The van der Waals surface area contributed by atoms with Crippen LogP contribution in [0.25, 0.3) is 0 Å². The van der Waals surface area contributed by atoms with E-state index in [1.54, 1.807) is 48.5 Å². The van der Waals surface area contributed by atoms with Gasteiger partial charge in [0.1, 0.15) is 23.0 Å². The molecule has 0 fully saturated rings. The number of aromatic hydroxyl groups is 4. The van der Waals surface area contributed by atoms with Crippen LogP contribution in [0.1, 0.15) is 22.3 Å². The average Bonchev–Trinajstić information content (AvgIpc) is 2.83. The van der Waals surface area contributed by atoms with E-state index in [-0.39, 0.29) is 0 Å². The number of rotatable bonds is 0. The monoisotopic (exact) mass is 686 g/mol. The molecular formula is C28H32Cl2O4W. The summed E-state index contributed by atoms with van der Waals surface area (Å²) in [5, 5.41) is 35.0. The number of hydrogen-bond acceptors (Lipinski definition) is 4. The number of phenolic OH excluding ortho intramolecular Hbond substituents is 4. The van der Waals surface area contributed by atoms with Crippen molar-refractivity contribution in [2.75, 3.05) is 0 Å². The zero-order valence-corrected chi connectivity index (χ0v) is 24.6. The van der Waals surface area contributed by atoms with Crippen LogP contribution in [0.3, 0.4) is 0 Å². The molecule has 0 aromatic heterocycles. The standard InChI is InChI=1S/4C7H8O.2ClH.W/c4*1-6-2-4-7(8)5-3-6;;;/h4*2-5,8H,1H3;2*1H;/q;;;;;;+2/p-2. The van der Waals surface area contributed by atoms with Crippen LogP contribution >= 0.6 is 18.8 Å². The van der Waals surface area contributed by atoms with Crippen molar-refractivity contribution in [3.8, 4) is 23.0 Å². The molecule has 0 aliphatic heterocycles.